The monoisotopic (exact) mass is 385 g/mol. The molecule has 8 heteroatoms. The summed E-state index contributed by atoms with van der Waals surface area (Å²) in [7, 11) is -3.30. The van der Waals surface area contributed by atoms with Crippen molar-refractivity contribution in [3.63, 3.8) is 0 Å². The third kappa shape index (κ3) is 2.86. The summed E-state index contributed by atoms with van der Waals surface area (Å²) in [5.74, 6) is -0.475. The first-order chi connectivity index (χ1) is 12.8. The zero-order valence-corrected chi connectivity index (χ0v) is 16.1. The predicted octanol–water partition coefficient (Wildman–Crippen LogP) is 2.91. The zero-order valence-electron chi connectivity index (χ0n) is 15.2. The van der Waals surface area contributed by atoms with Gasteiger partial charge in [0.25, 0.3) is 0 Å². The van der Waals surface area contributed by atoms with E-state index >= 15 is 0 Å². The number of aromatic nitrogens is 1. The first kappa shape index (κ1) is 17.5. The fourth-order valence-corrected chi connectivity index (χ4v) is 4.20. The minimum atomic E-state index is -3.30. The van der Waals surface area contributed by atoms with Crippen molar-refractivity contribution in [2.24, 2.45) is 5.16 Å². The molecule has 0 radical (unpaired) electrons. The van der Waals surface area contributed by atoms with E-state index in [2.05, 4.69) is 22.0 Å². The van der Waals surface area contributed by atoms with Gasteiger partial charge in [-0.05, 0) is 37.3 Å². The van der Waals surface area contributed by atoms with Crippen molar-refractivity contribution >= 4 is 49.0 Å². The van der Waals surface area contributed by atoms with Crippen molar-refractivity contribution < 1.29 is 18.0 Å². The molecule has 2 aromatic carbocycles. The van der Waals surface area contributed by atoms with E-state index in [0.717, 1.165) is 39.6 Å². The van der Waals surface area contributed by atoms with Gasteiger partial charge in [-0.1, -0.05) is 5.16 Å². The second kappa shape index (κ2) is 6.09. The molecule has 0 fully saturated rings. The van der Waals surface area contributed by atoms with E-state index in [1.54, 1.807) is 12.1 Å². The minimum Gasteiger partial charge on any atom is -0.379 e. The summed E-state index contributed by atoms with van der Waals surface area (Å²) in [6.07, 6.45) is 1.21. The highest BCUT2D eigenvalue weighted by Crippen LogP contribution is 2.36. The molecule has 0 unspecified atom stereocenters. The second-order valence-corrected chi connectivity index (χ2v) is 8.60. The van der Waals surface area contributed by atoms with Crippen LogP contribution in [0.4, 0.5) is 5.69 Å². The fraction of sp³-hybridized carbons (Fsp3) is 0.263. The fourth-order valence-electron chi connectivity index (χ4n) is 3.55. The number of sulfone groups is 1. The first-order valence-corrected chi connectivity index (χ1v) is 10.5. The molecule has 0 bridgehead atoms. The average molecular weight is 385 g/mol. The Kier molecular flexibility index (Phi) is 3.96. The Morgan fingerprint density at radius 2 is 1.96 bits per heavy atom. The number of carbonyl (C=O) groups excluding carboxylic acids is 1. The highest BCUT2D eigenvalue weighted by molar-refractivity contribution is 7.90. The number of nitrogens with one attached hydrogen (secondary N) is 1. The third-order valence-electron chi connectivity index (χ3n) is 4.76. The maximum atomic E-state index is 12.0. The Morgan fingerprint density at radius 3 is 2.63 bits per heavy atom. The van der Waals surface area contributed by atoms with Crippen LogP contribution < -0.4 is 5.32 Å². The molecule has 4 rings (SSSR count). The van der Waals surface area contributed by atoms with Crippen LogP contribution in [0.3, 0.4) is 0 Å². The molecular formula is C19H19N3O4S. The van der Waals surface area contributed by atoms with Crippen molar-refractivity contribution in [3.05, 3.63) is 35.9 Å². The SMILES string of the molecule is CCn1c2ccc(S(C)(=O)=O)cc2c2cc3c(cc21)NC/C3=N\OC(C)=O. The topological polar surface area (TPSA) is 89.8 Å². The number of oxime groups is 1. The molecule has 0 saturated heterocycles. The standard InChI is InChI=1S/C19H19N3O4S/c1-4-22-18-6-5-12(27(3,24)25)7-13(18)14-8-15-16(9-19(14)22)20-10-17(15)21-26-11(2)23/h5-9,20H,4,10H2,1-3H3/b21-17+. The first-order valence-electron chi connectivity index (χ1n) is 8.58. The maximum Gasteiger partial charge on any atom is 0.331 e. The van der Waals surface area contributed by atoms with E-state index in [4.69, 9.17) is 4.84 Å². The number of aryl methyl sites for hydroxylation is 1. The van der Waals surface area contributed by atoms with Crippen LogP contribution in [0.15, 0.2) is 40.4 Å². The van der Waals surface area contributed by atoms with E-state index in [-0.39, 0.29) is 4.90 Å². The van der Waals surface area contributed by atoms with Crippen LogP contribution >= 0.6 is 0 Å². The molecule has 140 valence electrons. The number of fused-ring (bicyclic) bond motifs is 4. The summed E-state index contributed by atoms with van der Waals surface area (Å²) in [6.45, 7) is 4.58. The van der Waals surface area contributed by atoms with Crippen LogP contribution in [0.2, 0.25) is 0 Å². The lowest BCUT2D eigenvalue weighted by atomic mass is 10.1. The summed E-state index contributed by atoms with van der Waals surface area (Å²) in [5.41, 5.74) is 4.39. The minimum absolute atomic E-state index is 0.289. The van der Waals surface area contributed by atoms with Gasteiger partial charge >= 0.3 is 5.97 Å². The van der Waals surface area contributed by atoms with Crippen LogP contribution in [0.1, 0.15) is 19.4 Å². The van der Waals surface area contributed by atoms with Crippen LogP contribution in [0.5, 0.6) is 0 Å². The summed E-state index contributed by atoms with van der Waals surface area (Å²) in [4.78, 5) is 16.1. The maximum absolute atomic E-state index is 12.0. The van der Waals surface area contributed by atoms with Crippen molar-refractivity contribution in [2.75, 3.05) is 18.1 Å². The molecule has 0 aliphatic carbocycles. The Morgan fingerprint density at radius 1 is 1.22 bits per heavy atom. The van der Waals surface area contributed by atoms with Gasteiger partial charge in [0.15, 0.2) is 9.84 Å². The number of hydrogen-bond acceptors (Lipinski definition) is 6. The van der Waals surface area contributed by atoms with Crippen molar-refractivity contribution in [1.82, 2.24) is 4.57 Å². The number of carbonyl (C=O) groups is 1. The summed E-state index contributed by atoms with van der Waals surface area (Å²) >= 11 is 0. The van der Waals surface area contributed by atoms with Crippen LogP contribution in [-0.4, -0.2) is 37.5 Å². The van der Waals surface area contributed by atoms with Crippen LogP contribution in [0.25, 0.3) is 21.8 Å². The molecule has 0 spiro atoms. The number of rotatable bonds is 3. The Hall–Kier alpha value is -2.87. The molecular weight excluding hydrogens is 366 g/mol. The van der Waals surface area contributed by atoms with Gasteiger partial charge in [0.2, 0.25) is 0 Å². The second-order valence-electron chi connectivity index (χ2n) is 6.58. The van der Waals surface area contributed by atoms with Gasteiger partial charge in [0.05, 0.1) is 17.0 Å². The van der Waals surface area contributed by atoms with Crippen LogP contribution in [-0.2, 0) is 26.0 Å². The molecule has 1 aromatic heterocycles. The van der Waals surface area contributed by atoms with Crippen molar-refractivity contribution in [2.45, 2.75) is 25.3 Å². The molecule has 0 atom stereocenters. The van der Waals surface area contributed by atoms with Gasteiger partial charge in [-0.25, -0.2) is 13.2 Å². The normalized spacial score (nSPS) is 15.3. The van der Waals surface area contributed by atoms with Crippen molar-refractivity contribution in [3.8, 4) is 0 Å². The number of nitrogens with zero attached hydrogens (tertiary/aromatic N) is 2. The molecule has 1 N–H and O–H groups in total. The average Bonchev–Trinajstić information content (AvgIpc) is 3.14. The number of benzene rings is 2. The van der Waals surface area contributed by atoms with Gasteiger partial charge < -0.3 is 14.7 Å². The Bertz CT molecular complexity index is 1240. The zero-order chi connectivity index (χ0) is 19.3. The Labute approximate surface area is 156 Å². The highest BCUT2D eigenvalue weighted by atomic mass is 32.2. The van der Waals surface area contributed by atoms with Crippen molar-refractivity contribution in [1.29, 1.82) is 0 Å². The van der Waals surface area contributed by atoms with Crippen LogP contribution in [0, 0.1) is 0 Å². The lowest BCUT2D eigenvalue weighted by molar-refractivity contribution is -0.140. The molecule has 2 heterocycles. The van der Waals surface area contributed by atoms with Gasteiger partial charge in [0.1, 0.15) is 5.71 Å². The number of hydrogen-bond donors (Lipinski definition) is 1. The predicted molar refractivity (Wildman–Crippen MR) is 105 cm³/mol. The summed E-state index contributed by atoms with van der Waals surface area (Å²) < 4.78 is 26.1. The summed E-state index contributed by atoms with van der Waals surface area (Å²) in [5, 5.41) is 9.01. The highest BCUT2D eigenvalue weighted by Gasteiger charge is 2.22. The van der Waals surface area contributed by atoms with E-state index in [1.165, 1.54) is 13.2 Å². The van der Waals surface area contributed by atoms with Gasteiger partial charge in [-0.15, -0.1) is 0 Å². The third-order valence-corrected chi connectivity index (χ3v) is 5.87. The van der Waals surface area contributed by atoms with E-state index in [0.29, 0.717) is 12.3 Å². The molecule has 7 nitrogen and oxygen atoms in total. The van der Waals surface area contributed by atoms with Gasteiger partial charge in [0, 0.05) is 47.3 Å². The largest absolute Gasteiger partial charge is 0.379 e. The molecule has 27 heavy (non-hydrogen) atoms. The van der Waals surface area contributed by atoms with Gasteiger partial charge in [-0.3, -0.25) is 0 Å². The molecule has 1 aliphatic heterocycles. The quantitative estimate of drug-likeness (QED) is 0.553. The molecule has 0 amide bonds. The molecule has 0 saturated carbocycles. The lowest BCUT2D eigenvalue weighted by Crippen LogP contribution is -2.06. The lowest BCUT2D eigenvalue weighted by Gasteiger charge is -2.05. The Balaban J connectivity index is 2.01. The van der Waals surface area contributed by atoms with E-state index in [1.807, 2.05) is 18.2 Å². The van der Waals surface area contributed by atoms with E-state index in [9.17, 15) is 13.2 Å². The summed E-state index contributed by atoms with van der Waals surface area (Å²) in [6, 6.07) is 9.22. The van der Waals surface area contributed by atoms with Gasteiger partial charge in [-0.2, -0.15) is 0 Å². The molecule has 1 aliphatic rings. The molecule has 3 aromatic rings. The van der Waals surface area contributed by atoms with E-state index < -0.39 is 15.8 Å². The smallest absolute Gasteiger partial charge is 0.331 e. The number of anilines is 1.